The van der Waals surface area contributed by atoms with Crippen molar-refractivity contribution in [1.82, 2.24) is 0 Å². The van der Waals surface area contributed by atoms with Crippen LogP contribution in [0.1, 0.15) is 7.43 Å². The summed E-state index contributed by atoms with van der Waals surface area (Å²) in [5, 5.41) is 8.84. The van der Waals surface area contributed by atoms with Gasteiger partial charge in [-0.15, -0.1) is 0 Å². The maximum absolute atomic E-state index is 6.33. The molecule has 0 aliphatic heterocycles. The second-order valence-electron chi connectivity index (χ2n) is 22.7. The molecule has 18 rings (SSSR count). The first-order valence-corrected chi connectivity index (χ1v) is 30.3. The largest absolute Gasteiger partial charge is 0.456 e. The second kappa shape index (κ2) is 22.9. The van der Waals surface area contributed by atoms with Gasteiger partial charge in [-0.05, 0) is 148 Å². The molecule has 0 fully saturated rings. The van der Waals surface area contributed by atoms with Crippen LogP contribution in [0.15, 0.2) is 345 Å². The maximum atomic E-state index is 6.33. The zero-order valence-corrected chi connectivity index (χ0v) is 48.7. The van der Waals surface area contributed by atoms with E-state index in [-0.39, 0.29) is 7.43 Å². The van der Waals surface area contributed by atoms with E-state index in [1.807, 2.05) is 66.7 Å². The Kier molecular flexibility index (Phi) is 13.6. The molecule has 0 spiro atoms. The van der Waals surface area contributed by atoms with Crippen molar-refractivity contribution in [2.45, 2.75) is 7.43 Å². The van der Waals surface area contributed by atoms with E-state index in [0.29, 0.717) is 0 Å². The van der Waals surface area contributed by atoms with Crippen LogP contribution in [-0.2, 0) is 0 Å². The SMILES string of the molecule is C.c1ccc(-c2ccc(-c3ccc(N(c4ccc5c(c4)oc4ccccc45)c4ccc5oc6ccccc6c5c4)cc3)cc2)cc1.c1ccc(-c2ccc(-c3ccc(N(c4ccc5c(c4)oc4ccccc45)c4cccc5oc6ccccc6c45)cc3)cc2)cc1. The number of rotatable bonds is 10. The number of para-hydroxylation sites is 4. The molecule has 432 valence electrons. The van der Waals surface area contributed by atoms with Crippen molar-refractivity contribution in [3.8, 4) is 44.5 Å². The summed E-state index contributed by atoms with van der Waals surface area (Å²) < 4.78 is 25.1. The summed E-state index contributed by atoms with van der Waals surface area (Å²) in [6, 6.07) is 115. The molecule has 0 N–H and O–H groups in total. The van der Waals surface area contributed by atoms with Crippen molar-refractivity contribution < 1.29 is 17.7 Å². The highest BCUT2D eigenvalue weighted by molar-refractivity contribution is 6.14. The summed E-state index contributed by atoms with van der Waals surface area (Å²) >= 11 is 0. The molecule has 0 amide bonds. The average molecular weight is 1170 g/mol. The minimum atomic E-state index is 0. The van der Waals surface area contributed by atoms with Gasteiger partial charge >= 0.3 is 0 Å². The van der Waals surface area contributed by atoms with Crippen LogP contribution < -0.4 is 9.80 Å². The molecule has 0 bridgehead atoms. The molecule has 91 heavy (non-hydrogen) atoms. The Morgan fingerprint density at radius 3 is 0.956 bits per heavy atom. The first kappa shape index (κ1) is 54.3. The summed E-state index contributed by atoms with van der Waals surface area (Å²) in [7, 11) is 0. The highest BCUT2D eigenvalue weighted by atomic mass is 16.3. The quantitative estimate of drug-likeness (QED) is 0.136. The average Bonchev–Trinajstić information content (AvgIpc) is 1.75. The van der Waals surface area contributed by atoms with Crippen LogP contribution in [0.3, 0.4) is 0 Å². The molecule has 6 heteroatoms. The van der Waals surface area contributed by atoms with Crippen molar-refractivity contribution in [2.24, 2.45) is 0 Å². The first-order valence-electron chi connectivity index (χ1n) is 30.3. The molecular formula is C85H58N2O4. The van der Waals surface area contributed by atoms with Gasteiger partial charge in [0.25, 0.3) is 0 Å². The third-order valence-corrected chi connectivity index (χ3v) is 17.4. The van der Waals surface area contributed by atoms with E-state index in [0.717, 1.165) is 127 Å². The fourth-order valence-electron chi connectivity index (χ4n) is 13.0. The summed E-state index contributed by atoms with van der Waals surface area (Å²) in [5.74, 6) is 0. The van der Waals surface area contributed by atoms with Crippen molar-refractivity contribution in [1.29, 1.82) is 0 Å². The van der Waals surface area contributed by atoms with Crippen LogP contribution in [0.5, 0.6) is 0 Å². The van der Waals surface area contributed by atoms with Gasteiger partial charge in [0.2, 0.25) is 0 Å². The van der Waals surface area contributed by atoms with Crippen molar-refractivity contribution in [2.75, 3.05) is 9.80 Å². The normalized spacial score (nSPS) is 11.4. The van der Waals surface area contributed by atoms with Crippen LogP contribution in [-0.4, -0.2) is 0 Å². The Labute approximate surface area is 525 Å². The molecule has 0 saturated heterocycles. The first-order chi connectivity index (χ1) is 44.6. The van der Waals surface area contributed by atoms with E-state index in [9.17, 15) is 0 Å². The standard InChI is InChI=1S/2C42H27NO2.CH4/c1-2-9-28(10-3-1)29-17-19-30(20-18-29)31-21-23-32(24-22-31)43(33-25-26-35-34-11-4-6-14-38(34)45-41(35)27-33)37-13-8-16-40-42(37)36-12-5-7-15-39(36)44-40;1-2-8-28(9-3-1)29-14-16-30(17-15-29)31-18-20-32(21-19-31)43(33-23-25-41-38(26-33)36-11-5-7-13-40(36)44-41)34-22-24-37-35-10-4-6-12-39(35)45-42(37)27-34;/h2*1-27H;1H4. The Balaban J connectivity index is 0.000000144. The molecular weight excluding hydrogens is 1110 g/mol. The highest BCUT2D eigenvalue weighted by Crippen LogP contribution is 2.46. The summed E-state index contributed by atoms with van der Waals surface area (Å²) in [6.07, 6.45) is 0. The van der Waals surface area contributed by atoms with Crippen molar-refractivity contribution >= 4 is 122 Å². The van der Waals surface area contributed by atoms with E-state index < -0.39 is 0 Å². The number of anilines is 6. The van der Waals surface area contributed by atoms with E-state index in [4.69, 9.17) is 17.7 Å². The number of benzene rings is 14. The summed E-state index contributed by atoms with van der Waals surface area (Å²) in [5.41, 5.74) is 22.8. The number of furan rings is 4. The number of hydrogen-bond donors (Lipinski definition) is 0. The van der Waals surface area contributed by atoms with Gasteiger partial charge in [0, 0.05) is 78.3 Å². The van der Waals surface area contributed by atoms with Crippen molar-refractivity contribution in [3.05, 3.63) is 328 Å². The Morgan fingerprint density at radius 1 is 0.176 bits per heavy atom. The lowest BCUT2D eigenvalue weighted by Gasteiger charge is -2.26. The topological polar surface area (TPSA) is 59.0 Å². The predicted molar refractivity (Wildman–Crippen MR) is 380 cm³/mol. The number of fused-ring (bicyclic) bond motifs is 12. The zero-order chi connectivity index (χ0) is 59.5. The van der Waals surface area contributed by atoms with E-state index in [1.165, 1.54) is 38.9 Å². The van der Waals surface area contributed by atoms with Gasteiger partial charge < -0.3 is 27.5 Å². The summed E-state index contributed by atoms with van der Waals surface area (Å²) in [4.78, 5) is 4.59. The van der Waals surface area contributed by atoms with Crippen LogP contribution in [0.25, 0.3) is 132 Å². The minimum absolute atomic E-state index is 0. The Hall–Kier alpha value is -12.1. The molecule has 0 saturated carbocycles. The molecule has 0 unspecified atom stereocenters. The van der Waals surface area contributed by atoms with Crippen LogP contribution in [0.2, 0.25) is 0 Å². The van der Waals surface area contributed by atoms with Crippen LogP contribution >= 0.6 is 0 Å². The van der Waals surface area contributed by atoms with Crippen LogP contribution in [0.4, 0.5) is 34.1 Å². The third-order valence-electron chi connectivity index (χ3n) is 17.4. The van der Waals surface area contributed by atoms with Gasteiger partial charge in [-0.25, -0.2) is 0 Å². The number of nitrogens with zero attached hydrogens (tertiary/aromatic N) is 2. The molecule has 0 atom stereocenters. The van der Waals surface area contributed by atoms with Gasteiger partial charge in [0.15, 0.2) is 0 Å². The maximum Gasteiger partial charge on any atom is 0.137 e. The lowest BCUT2D eigenvalue weighted by Crippen LogP contribution is -2.10. The lowest BCUT2D eigenvalue weighted by molar-refractivity contribution is 0.668. The van der Waals surface area contributed by atoms with E-state index in [2.05, 4.69) is 271 Å². The van der Waals surface area contributed by atoms with Gasteiger partial charge in [-0.3, -0.25) is 0 Å². The van der Waals surface area contributed by atoms with Crippen LogP contribution in [0, 0.1) is 0 Å². The highest BCUT2D eigenvalue weighted by Gasteiger charge is 2.22. The Bertz CT molecular complexity index is 5640. The van der Waals surface area contributed by atoms with E-state index in [1.54, 1.807) is 0 Å². The zero-order valence-electron chi connectivity index (χ0n) is 48.7. The van der Waals surface area contributed by atoms with Crippen molar-refractivity contribution in [3.63, 3.8) is 0 Å². The molecule has 0 aliphatic carbocycles. The summed E-state index contributed by atoms with van der Waals surface area (Å²) in [6.45, 7) is 0. The van der Waals surface area contributed by atoms with Gasteiger partial charge in [0.1, 0.15) is 44.7 Å². The van der Waals surface area contributed by atoms with Gasteiger partial charge in [-0.2, -0.15) is 0 Å². The fourth-order valence-corrected chi connectivity index (χ4v) is 13.0. The van der Waals surface area contributed by atoms with E-state index >= 15 is 0 Å². The van der Waals surface area contributed by atoms with Gasteiger partial charge in [-0.1, -0.05) is 220 Å². The molecule has 4 heterocycles. The fraction of sp³-hybridized carbons (Fsp3) is 0.0118. The predicted octanol–water partition coefficient (Wildman–Crippen LogP) is 25.2. The minimum Gasteiger partial charge on any atom is -0.456 e. The Morgan fingerprint density at radius 2 is 0.473 bits per heavy atom. The molecule has 0 radical (unpaired) electrons. The smallest absolute Gasteiger partial charge is 0.137 e. The number of hydrogen-bond acceptors (Lipinski definition) is 6. The molecule has 0 aliphatic rings. The monoisotopic (exact) mass is 1170 g/mol. The molecule has 14 aromatic carbocycles. The molecule has 6 nitrogen and oxygen atoms in total. The third kappa shape index (κ3) is 9.89. The molecule has 18 aromatic rings. The molecule has 4 aromatic heterocycles. The van der Waals surface area contributed by atoms with Gasteiger partial charge in [0.05, 0.1) is 11.1 Å². The second-order valence-corrected chi connectivity index (χ2v) is 22.7. The lowest BCUT2D eigenvalue weighted by atomic mass is 10.00.